The van der Waals surface area contributed by atoms with E-state index in [0.29, 0.717) is 5.69 Å². The van der Waals surface area contributed by atoms with Crippen molar-refractivity contribution in [2.24, 2.45) is 0 Å². The second kappa shape index (κ2) is 3.24. The Hall–Kier alpha value is -0.260. The molecule has 0 aliphatic carbocycles. The second-order valence-electron chi connectivity index (χ2n) is 2.16. The van der Waals surface area contributed by atoms with Gasteiger partial charge in [-0.15, -0.1) is 0 Å². The topological polar surface area (TPSA) is 60.2 Å². The maximum atomic E-state index is 10.6. The third-order valence-electron chi connectivity index (χ3n) is 1.17. The van der Waals surface area contributed by atoms with Crippen molar-refractivity contribution >= 4 is 31.3 Å². The van der Waals surface area contributed by atoms with Crippen molar-refractivity contribution in [1.29, 1.82) is 0 Å². The predicted octanol–water partition coefficient (Wildman–Crippen LogP) is 1.71. The van der Waals surface area contributed by atoms with Gasteiger partial charge in [0.25, 0.3) is 5.35 Å². The number of oxazole rings is 1. The summed E-state index contributed by atoms with van der Waals surface area (Å²) in [6, 6.07) is 0. The highest BCUT2D eigenvalue weighted by molar-refractivity contribution is 8.13. The van der Waals surface area contributed by atoms with Gasteiger partial charge < -0.3 is 4.42 Å². The van der Waals surface area contributed by atoms with Gasteiger partial charge in [0.05, 0.1) is 5.69 Å². The highest BCUT2D eigenvalue weighted by Crippen LogP contribution is 2.18. The van der Waals surface area contributed by atoms with E-state index in [4.69, 9.17) is 26.7 Å². The van der Waals surface area contributed by atoms with Crippen LogP contribution in [0.1, 0.15) is 11.5 Å². The van der Waals surface area contributed by atoms with E-state index in [9.17, 15) is 8.42 Å². The first kappa shape index (κ1) is 9.83. The van der Waals surface area contributed by atoms with Gasteiger partial charge in [0.15, 0.2) is 0 Å². The Morgan fingerprint density at radius 2 is 2.17 bits per heavy atom. The molecule has 0 unspecified atom stereocenters. The largest absolute Gasteiger partial charge is 0.431 e. The van der Waals surface area contributed by atoms with Crippen molar-refractivity contribution in [3.8, 4) is 0 Å². The Labute approximate surface area is 78.9 Å². The SMILES string of the molecule is Cc1nc(Cl)oc1CS(=O)(=O)Cl. The van der Waals surface area contributed by atoms with Crippen LogP contribution in [0.5, 0.6) is 0 Å². The maximum absolute atomic E-state index is 10.6. The van der Waals surface area contributed by atoms with E-state index in [0.717, 1.165) is 0 Å². The summed E-state index contributed by atoms with van der Waals surface area (Å²) in [5, 5.41) is -0.0807. The minimum Gasteiger partial charge on any atom is -0.431 e. The molecule has 0 aliphatic heterocycles. The first-order chi connectivity index (χ1) is 5.38. The Morgan fingerprint density at radius 1 is 1.58 bits per heavy atom. The van der Waals surface area contributed by atoms with E-state index in [2.05, 4.69) is 4.98 Å². The lowest BCUT2D eigenvalue weighted by Gasteiger charge is -1.90. The summed E-state index contributed by atoms with van der Waals surface area (Å²) in [6.45, 7) is 1.59. The fourth-order valence-electron chi connectivity index (χ4n) is 0.683. The van der Waals surface area contributed by atoms with Crippen molar-refractivity contribution in [3.63, 3.8) is 0 Å². The Kier molecular flexibility index (Phi) is 2.65. The molecule has 1 aromatic heterocycles. The van der Waals surface area contributed by atoms with Gasteiger partial charge in [-0.2, -0.15) is 0 Å². The second-order valence-corrected chi connectivity index (χ2v) is 5.26. The zero-order valence-electron chi connectivity index (χ0n) is 6.04. The number of rotatable bonds is 2. The lowest BCUT2D eigenvalue weighted by molar-refractivity contribution is 0.517. The van der Waals surface area contributed by atoms with Crippen LogP contribution in [0.25, 0.3) is 0 Å². The molecule has 0 spiro atoms. The minimum absolute atomic E-state index is 0.0807. The van der Waals surface area contributed by atoms with Gasteiger partial charge in [-0.3, -0.25) is 0 Å². The van der Waals surface area contributed by atoms with Crippen LogP contribution in [0.4, 0.5) is 0 Å². The first-order valence-corrected chi connectivity index (χ1v) is 5.78. The fraction of sp³-hybridized carbons (Fsp3) is 0.400. The van der Waals surface area contributed by atoms with Gasteiger partial charge in [-0.1, -0.05) is 0 Å². The van der Waals surface area contributed by atoms with Gasteiger partial charge in [-0.05, 0) is 18.5 Å². The van der Waals surface area contributed by atoms with Crippen LogP contribution in [0.2, 0.25) is 5.35 Å². The number of halogens is 2. The molecule has 0 saturated heterocycles. The third-order valence-corrected chi connectivity index (χ3v) is 2.27. The van der Waals surface area contributed by atoms with Crippen molar-refractivity contribution in [1.82, 2.24) is 4.98 Å². The summed E-state index contributed by atoms with van der Waals surface area (Å²) in [7, 11) is 1.38. The minimum atomic E-state index is -3.61. The molecule has 1 rings (SSSR count). The fourth-order valence-corrected chi connectivity index (χ4v) is 1.78. The summed E-state index contributed by atoms with van der Waals surface area (Å²) in [6.07, 6.45) is 0. The molecule has 0 fully saturated rings. The summed E-state index contributed by atoms with van der Waals surface area (Å²) < 4.78 is 26.0. The average molecular weight is 230 g/mol. The Bertz CT molecular complexity index is 383. The predicted molar refractivity (Wildman–Crippen MR) is 44.7 cm³/mol. The van der Waals surface area contributed by atoms with E-state index in [1.54, 1.807) is 6.92 Å². The first-order valence-electron chi connectivity index (χ1n) is 2.92. The van der Waals surface area contributed by atoms with Crippen LogP contribution >= 0.6 is 22.3 Å². The Balaban J connectivity index is 2.97. The molecule has 0 bridgehead atoms. The molecule has 1 aromatic rings. The lowest BCUT2D eigenvalue weighted by atomic mass is 10.4. The van der Waals surface area contributed by atoms with Crippen LogP contribution in [0, 0.1) is 6.92 Å². The van der Waals surface area contributed by atoms with Crippen LogP contribution in [-0.4, -0.2) is 13.4 Å². The van der Waals surface area contributed by atoms with Crippen molar-refractivity contribution in [2.45, 2.75) is 12.7 Å². The van der Waals surface area contributed by atoms with Gasteiger partial charge >= 0.3 is 0 Å². The highest BCUT2D eigenvalue weighted by atomic mass is 35.7. The number of nitrogens with zero attached hydrogens (tertiary/aromatic N) is 1. The van der Waals surface area contributed by atoms with E-state index < -0.39 is 9.05 Å². The number of aromatic nitrogens is 1. The molecule has 0 radical (unpaired) electrons. The number of hydrogen-bond donors (Lipinski definition) is 0. The smallest absolute Gasteiger partial charge is 0.292 e. The number of aryl methyl sites for hydroxylation is 1. The normalized spacial score (nSPS) is 11.9. The molecule has 0 N–H and O–H groups in total. The highest BCUT2D eigenvalue weighted by Gasteiger charge is 2.15. The molecule has 12 heavy (non-hydrogen) atoms. The Morgan fingerprint density at radius 3 is 2.50 bits per heavy atom. The van der Waals surface area contributed by atoms with E-state index in [1.807, 2.05) is 0 Å². The van der Waals surface area contributed by atoms with Crippen molar-refractivity contribution < 1.29 is 12.8 Å². The van der Waals surface area contributed by atoms with Gasteiger partial charge in [0.2, 0.25) is 9.05 Å². The lowest BCUT2D eigenvalue weighted by Crippen LogP contribution is -1.94. The van der Waals surface area contributed by atoms with Gasteiger partial charge in [0.1, 0.15) is 11.5 Å². The summed E-state index contributed by atoms with van der Waals surface area (Å²) in [5.41, 5.74) is 0.434. The molecule has 0 aromatic carbocycles. The standard InChI is InChI=1S/C5H5Cl2NO3S/c1-3-4(2-12(7,9)10)11-5(6)8-3/h2H2,1H3. The maximum Gasteiger partial charge on any atom is 0.292 e. The third kappa shape index (κ3) is 2.66. The molecular formula is C5H5Cl2NO3S. The summed E-state index contributed by atoms with van der Waals surface area (Å²) in [5.74, 6) is -0.213. The van der Waals surface area contributed by atoms with Crippen LogP contribution in [0.3, 0.4) is 0 Å². The summed E-state index contributed by atoms with van der Waals surface area (Å²) >= 11 is 5.38. The van der Waals surface area contributed by atoms with Gasteiger partial charge in [-0.25, -0.2) is 13.4 Å². The molecule has 0 atom stereocenters. The van der Waals surface area contributed by atoms with Crippen molar-refractivity contribution in [3.05, 3.63) is 16.8 Å². The van der Waals surface area contributed by atoms with E-state index in [1.165, 1.54) is 0 Å². The molecule has 4 nitrogen and oxygen atoms in total. The average Bonchev–Trinajstić information content (AvgIpc) is 2.06. The van der Waals surface area contributed by atoms with Crippen LogP contribution in [0.15, 0.2) is 4.42 Å². The molecule has 7 heteroatoms. The van der Waals surface area contributed by atoms with E-state index in [-0.39, 0.29) is 16.9 Å². The molecule has 0 amide bonds. The molecule has 1 heterocycles. The zero-order chi connectivity index (χ0) is 9.35. The van der Waals surface area contributed by atoms with Gasteiger partial charge in [0, 0.05) is 10.7 Å². The van der Waals surface area contributed by atoms with E-state index >= 15 is 0 Å². The summed E-state index contributed by atoms with van der Waals surface area (Å²) in [4.78, 5) is 3.67. The van der Waals surface area contributed by atoms with Crippen molar-refractivity contribution in [2.75, 3.05) is 0 Å². The number of hydrogen-bond acceptors (Lipinski definition) is 4. The molecule has 0 aliphatic rings. The monoisotopic (exact) mass is 229 g/mol. The molecule has 68 valence electrons. The van der Waals surface area contributed by atoms with Crippen LogP contribution < -0.4 is 0 Å². The zero-order valence-corrected chi connectivity index (χ0v) is 8.37. The van der Waals surface area contributed by atoms with Crippen LogP contribution in [-0.2, 0) is 14.8 Å². The molecule has 0 saturated carbocycles. The quantitative estimate of drug-likeness (QED) is 0.725. The molecular weight excluding hydrogens is 225 g/mol.